The molecule has 1 atom stereocenters. The van der Waals surface area contributed by atoms with Crippen molar-refractivity contribution in [1.82, 2.24) is 0 Å². The van der Waals surface area contributed by atoms with E-state index in [4.69, 9.17) is 16.3 Å². The Morgan fingerprint density at radius 3 is 1.91 bits per heavy atom. The minimum absolute atomic E-state index is 0.509. The van der Waals surface area contributed by atoms with Gasteiger partial charge in [-0.1, -0.05) is 72.3 Å². The number of halogens is 3. The van der Waals surface area contributed by atoms with Crippen molar-refractivity contribution < 1.29 is 18.3 Å². The Labute approximate surface area is 142 Å². The molecular weight excluding hydrogens is 342 g/mol. The Morgan fingerprint density at radius 1 is 1.00 bits per heavy atom. The van der Waals surface area contributed by atoms with E-state index in [9.17, 15) is 13.6 Å². The molecule has 23 heavy (non-hydrogen) atoms. The Morgan fingerprint density at radius 2 is 1.48 bits per heavy atom. The quantitative estimate of drug-likeness (QED) is 0.522. The zero-order chi connectivity index (χ0) is 16.7. The lowest BCUT2D eigenvalue weighted by atomic mass is 10.0. The fraction of sp³-hybridized carbons (Fsp3) is 0.235. The van der Waals surface area contributed by atoms with Crippen LogP contribution in [-0.4, -0.2) is 22.9 Å². The summed E-state index contributed by atoms with van der Waals surface area (Å²) in [5.41, 5.74) is 1.57. The van der Waals surface area contributed by atoms with Crippen LogP contribution in [-0.2, 0) is 9.53 Å². The molecule has 0 amide bonds. The third-order valence-corrected chi connectivity index (χ3v) is 4.48. The van der Waals surface area contributed by atoms with E-state index in [2.05, 4.69) is 0 Å². The topological polar surface area (TPSA) is 26.3 Å². The second-order valence-corrected chi connectivity index (χ2v) is 6.51. The van der Waals surface area contributed by atoms with Crippen molar-refractivity contribution in [3.63, 3.8) is 0 Å². The van der Waals surface area contributed by atoms with Gasteiger partial charge in [-0.2, -0.15) is 0 Å². The van der Waals surface area contributed by atoms with Crippen molar-refractivity contribution in [3.05, 3.63) is 71.8 Å². The molecule has 6 heteroatoms. The van der Waals surface area contributed by atoms with Gasteiger partial charge in [0.15, 0.2) is 10.8 Å². The largest absolute Gasteiger partial charge is 0.451 e. The van der Waals surface area contributed by atoms with Crippen LogP contribution in [0.4, 0.5) is 8.78 Å². The molecule has 2 rings (SSSR count). The van der Waals surface area contributed by atoms with Gasteiger partial charge in [0, 0.05) is 0 Å². The normalized spacial score (nSPS) is 12.4. The monoisotopic (exact) mass is 356 g/mol. The molecule has 0 aromatic heterocycles. The van der Waals surface area contributed by atoms with Crippen molar-refractivity contribution in [2.75, 3.05) is 5.75 Å². The van der Waals surface area contributed by atoms with E-state index in [1.807, 2.05) is 60.7 Å². The molecule has 0 fully saturated rings. The van der Waals surface area contributed by atoms with Crippen LogP contribution in [0.2, 0.25) is 0 Å². The molecule has 0 spiro atoms. The molecule has 2 aromatic rings. The summed E-state index contributed by atoms with van der Waals surface area (Å²) in [5, 5.41) is 0. The zero-order valence-electron chi connectivity index (χ0n) is 12.1. The van der Waals surface area contributed by atoms with Gasteiger partial charge >= 0.3 is 5.97 Å². The lowest BCUT2D eigenvalue weighted by Gasteiger charge is -2.20. The number of thioether (sulfide) groups is 1. The van der Waals surface area contributed by atoms with Gasteiger partial charge in [-0.25, -0.2) is 13.6 Å². The number of ether oxygens (including phenoxy) is 1. The number of hydrogen-bond acceptors (Lipinski definition) is 3. The molecule has 122 valence electrons. The molecule has 0 saturated carbocycles. The SMILES string of the molecule is O=C(OC(c1ccccc1)c1ccccc1)C(Cl)SCC(F)F. The van der Waals surface area contributed by atoms with E-state index in [1.165, 1.54) is 0 Å². The van der Waals surface area contributed by atoms with Gasteiger partial charge in [-0.15, -0.1) is 11.8 Å². The van der Waals surface area contributed by atoms with Gasteiger partial charge in [0.1, 0.15) is 0 Å². The zero-order valence-corrected chi connectivity index (χ0v) is 13.6. The van der Waals surface area contributed by atoms with Gasteiger partial charge < -0.3 is 4.74 Å². The Balaban J connectivity index is 2.14. The first-order valence-corrected chi connectivity index (χ1v) is 8.40. The van der Waals surface area contributed by atoms with E-state index in [-0.39, 0.29) is 0 Å². The van der Waals surface area contributed by atoms with Crippen molar-refractivity contribution in [3.8, 4) is 0 Å². The molecule has 0 aliphatic carbocycles. The van der Waals surface area contributed by atoms with Crippen molar-refractivity contribution in [2.45, 2.75) is 17.2 Å². The van der Waals surface area contributed by atoms with Crippen LogP contribution in [0.5, 0.6) is 0 Å². The Kier molecular flexibility index (Phi) is 6.86. The van der Waals surface area contributed by atoms with Crippen LogP contribution in [0.15, 0.2) is 60.7 Å². The summed E-state index contributed by atoms with van der Waals surface area (Å²) in [6.07, 6.45) is -3.15. The number of esters is 1. The maximum absolute atomic E-state index is 12.2. The van der Waals surface area contributed by atoms with Gasteiger partial charge in [0.2, 0.25) is 6.43 Å². The molecule has 0 aliphatic rings. The van der Waals surface area contributed by atoms with Crippen LogP contribution in [0.3, 0.4) is 0 Å². The van der Waals surface area contributed by atoms with Crippen LogP contribution in [0, 0.1) is 0 Å². The third kappa shape index (κ3) is 5.52. The van der Waals surface area contributed by atoms with E-state index < -0.39 is 29.0 Å². The summed E-state index contributed by atoms with van der Waals surface area (Å²) < 4.78 is 28.8. The van der Waals surface area contributed by atoms with Gasteiger partial charge in [0.25, 0.3) is 0 Å². The fourth-order valence-corrected chi connectivity index (χ4v) is 2.75. The average Bonchev–Trinajstić information content (AvgIpc) is 2.58. The number of benzene rings is 2. The maximum atomic E-state index is 12.2. The van der Waals surface area contributed by atoms with Gasteiger partial charge in [-0.3, -0.25) is 0 Å². The van der Waals surface area contributed by atoms with Crippen LogP contribution in [0.25, 0.3) is 0 Å². The highest BCUT2D eigenvalue weighted by atomic mass is 35.5. The summed E-state index contributed by atoms with van der Waals surface area (Å²) in [6.45, 7) is 0. The lowest BCUT2D eigenvalue weighted by Crippen LogP contribution is -2.20. The lowest BCUT2D eigenvalue weighted by molar-refractivity contribution is -0.145. The van der Waals surface area contributed by atoms with E-state index in [1.54, 1.807) is 0 Å². The number of hydrogen-bond donors (Lipinski definition) is 0. The van der Waals surface area contributed by atoms with E-state index >= 15 is 0 Å². The first-order valence-electron chi connectivity index (χ1n) is 6.92. The second-order valence-electron chi connectivity index (χ2n) is 4.68. The minimum atomic E-state index is -2.52. The van der Waals surface area contributed by atoms with Crippen LogP contribution >= 0.6 is 23.4 Å². The average molecular weight is 357 g/mol. The standard InChI is InChI=1S/C17H15ClF2O2S/c18-16(23-11-14(19)20)17(21)22-15(12-7-3-1-4-8-12)13-9-5-2-6-10-13/h1-10,14-16H,11H2. The minimum Gasteiger partial charge on any atom is -0.451 e. The molecule has 2 nitrogen and oxygen atoms in total. The summed E-state index contributed by atoms with van der Waals surface area (Å²) in [7, 11) is 0. The predicted octanol–water partition coefficient (Wildman–Crippen LogP) is 4.88. The van der Waals surface area contributed by atoms with E-state index in [0.717, 1.165) is 11.1 Å². The highest BCUT2D eigenvalue weighted by Gasteiger charge is 2.25. The molecule has 2 aromatic carbocycles. The molecule has 0 bridgehead atoms. The third-order valence-electron chi connectivity index (χ3n) is 2.99. The summed E-state index contributed by atoms with van der Waals surface area (Å²) in [5.74, 6) is -1.24. The van der Waals surface area contributed by atoms with Gasteiger partial charge in [0.05, 0.1) is 5.75 Å². The van der Waals surface area contributed by atoms with Crippen molar-refractivity contribution >= 4 is 29.3 Å². The van der Waals surface area contributed by atoms with E-state index in [0.29, 0.717) is 11.8 Å². The summed E-state index contributed by atoms with van der Waals surface area (Å²) in [6, 6.07) is 18.4. The second kappa shape index (κ2) is 8.89. The predicted molar refractivity (Wildman–Crippen MR) is 88.9 cm³/mol. The highest BCUT2D eigenvalue weighted by molar-refractivity contribution is 8.01. The van der Waals surface area contributed by atoms with Crippen LogP contribution < -0.4 is 0 Å². The Hall–Kier alpha value is -1.59. The molecular formula is C17H15ClF2O2S. The van der Waals surface area contributed by atoms with Crippen LogP contribution in [0.1, 0.15) is 17.2 Å². The molecule has 0 N–H and O–H groups in total. The maximum Gasteiger partial charge on any atom is 0.335 e. The first kappa shape index (κ1) is 17.8. The number of rotatable bonds is 7. The van der Waals surface area contributed by atoms with Crippen molar-refractivity contribution in [1.29, 1.82) is 0 Å². The number of carbonyl (C=O) groups excluding carboxylic acids is 1. The molecule has 0 radical (unpaired) electrons. The Bertz CT molecular complexity index is 571. The highest BCUT2D eigenvalue weighted by Crippen LogP contribution is 2.29. The van der Waals surface area contributed by atoms with Gasteiger partial charge in [-0.05, 0) is 11.1 Å². The molecule has 1 unspecified atom stereocenters. The smallest absolute Gasteiger partial charge is 0.335 e. The molecule has 0 heterocycles. The molecule has 0 saturated heterocycles. The first-order chi connectivity index (χ1) is 11.1. The number of alkyl halides is 3. The summed E-state index contributed by atoms with van der Waals surface area (Å²) in [4.78, 5) is 12.1. The van der Waals surface area contributed by atoms with Crippen molar-refractivity contribution in [2.24, 2.45) is 0 Å². The fourth-order valence-electron chi connectivity index (χ4n) is 1.98. The molecule has 0 aliphatic heterocycles. The number of carbonyl (C=O) groups is 1. The summed E-state index contributed by atoms with van der Waals surface area (Å²) >= 11 is 6.52.